The molecule has 0 bridgehead atoms. The topological polar surface area (TPSA) is 52.1 Å². The highest BCUT2D eigenvalue weighted by Crippen LogP contribution is 2.24. The van der Waals surface area contributed by atoms with Crippen LogP contribution in [0, 0.1) is 13.8 Å². The lowest BCUT2D eigenvalue weighted by atomic mass is 10.3. The lowest BCUT2D eigenvalue weighted by Gasteiger charge is -2.00. The average Bonchev–Trinajstić information content (AvgIpc) is 2.55. The van der Waals surface area contributed by atoms with Crippen molar-refractivity contribution in [3.8, 4) is 0 Å². The van der Waals surface area contributed by atoms with E-state index in [9.17, 15) is 4.79 Å². The van der Waals surface area contributed by atoms with E-state index in [1.807, 2.05) is 19.9 Å². The lowest BCUT2D eigenvalue weighted by molar-refractivity contribution is 0.0596. The van der Waals surface area contributed by atoms with Crippen molar-refractivity contribution in [3.63, 3.8) is 0 Å². The molecule has 0 aliphatic carbocycles. The number of ether oxygens (including phenoxy) is 1. The van der Waals surface area contributed by atoms with E-state index in [-0.39, 0.29) is 0 Å². The number of carbonyl (C=O) groups is 1. The largest absolute Gasteiger partial charge is 0.464 e. The van der Waals surface area contributed by atoms with Crippen LogP contribution >= 0.6 is 11.3 Å². The number of pyridine rings is 1. The molecular formula is C10H10N2O2S. The van der Waals surface area contributed by atoms with Crippen LogP contribution < -0.4 is 0 Å². The van der Waals surface area contributed by atoms with Gasteiger partial charge in [-0.1, -0.05) is 0 Å². The third-order valence-corrected chi connectivity index (χ3v) is 2.91. The van der Waals surface area contributed by atoms with Crippen molar-refractivity contribution in [3.05, 3.63) is 22.5 Å². The molecule has 4 nitrogen and oxygen atoms in total. The fourth-order valence-corrected chi connectivity index (χ4v) is 2.32. The minimum absolute atomic E-state index is 0.303. The van der Waals surface area contributed by atoms with Crippen molar-refractivity contribution < 1.29 is 9.53 Å². The smallest absolute Gasteiger partial charge is 0.358 e. The zero-order valence-corrected chi connectivity index (χ0v) is 9.51. The van der Waals surface area contributed by atoms with Gasteiger partial charge in [-0.3, -0.25) is 0 Å². The van der Waals surface area contributed by atoms with Gasteiger partial charge in [0.05, 0.1) is 16.8 Å². The Morgan fingerprint density at radius 1 is 1.40 bits per heavy atom. The second kappa shape index (κ2) is 3.58. The van der Waals surface area contributed by atoms with E-state index < -0.39 is 5.97 Å². The van der Waals surface area contributed by atoms with Crippen LogP contribution in [0.25, 0.3) is 10.2 Å². The van der Waals surface area contributed by atoms with Gasteiger partial charge in [-0.05, 0) is 19.9 Å². The SMILES string of the molecule is COC(=O)c1nc(C)cc2sc(C)nc12. The molecule has 2 aromatic rings. The van der Waals surface area contributed by atoms with Crippen molar-refractivity contribution >= 4 is 27.5 Å². The number of aryl methyl sites for hydroxylation is 2. The van der Waals surface area contributed by atoms with Crippen LogP contribution in [0.4, 0.5) is 0 Å². The first-order chi connectivity index (χ1) is 7.11. The van der Waals surface area contributed by atoms with Gasteiger partial charge in [-0.15, -0.1) is 11.3 Å². The summed E-state index contributed by atoms with van der Waals surface area (Å²) in [6.07, 6.45) is 0. The summed E-state index contributed by atoms with van der Waals surface area (Å²) in [6.45, 7) is 3.75. The zero-order valence-electron chi connectivity index (χ0n) is 8.70. The molecule has 0 amide bonds. The Morgan fingerprint density at radius 2 is 2.13 bits per heavy atom. The number of aromatic nitrogens is 2. The number of carbonyl (C=O) groups excluding carboxylic acids is 1. The van der Waals surface area contributed by atoms with Crippen LogP contribution in [0.2, 0.25) is 0 Å². The van der Waals surface area contributed by atoms with Crippen molar-refractivity contribution in [2.45, 2.75) is 13.8 Å². The summed E-state index contributed by atoms with van der Waals surface area (Å²) in [5.41, 5.74) is 1.73. The van der Waals surface area contributed by atoms with Crippen LogP contribution in [0.5, 0.6) is 0 Å². The Balaban J connectivity index is 2.75. The first-order valence-corrected chi connectivity index (χ1v) is 5.26. The van der Waals surface area contributed by atoms with Crippen LogP contribution in [-0.2, 0) is 4.74 Å². The van der Waals surface area contributed by atoms with Gasteiger partial charge in [-0.25, -0.2) is 14.8 Å². The number of hydrogen-bond donors (Lipinski definition) is 0. The molecule has 0 saturated heterocycles. The average molecular weight is 222 g/mol. The first-order valence-electron chi connectivity index (χ1n) is 4.45. The number of esters is 1. The first kappa shape index (κ1) is 10.0. The lowest BCUT2D eigenvalue weighted by Crippen LogP contribution is -2.06. The van der Waals surface area contributed by atoms with E-state index in [0.717, 1.165) is 15.4 Å². The molecule has 0 unspecified atom stereocenters. The monoisotopic (exact) mass is 222 g/mol. The number of fused-ring (bicyclic) bond motifs is 1. The van der Waals surface area contributed by atoms with Crippen molar-refractivity contribution in [2.24, 2.45) is 0 Å². The molecule has 0 aliphatic heterocycles. The van der Waals surface area contributed by atoms with E-state index in [4.69, 9.17) is 0 Å². The van der Waals surface area contributed by atoms with Crippen molar-refractivity contribution in [2.75, 3.05) is 7.11 Å². The number of nitrogens with zero attached hydrogens (tertiary/aromatic N) is 2. The van der Waals surface area contributed by atoms with Crippen LogP contribution in [-0.4, -0.2) is 23.0 Å². The van der Waals surface area contributed by atoms with Gasteiger partial charge < -0.3 is 4.74 Å². The van der Waals surface area contributed by atoms with Crippen LogP contribution in [0.15, 0.2) is 6.07 Å². The Morgan fingerprint density at radius 3 is 2.80 bits per heavy atom. The quantitative estimate of drug-likeness (QED) is 0.693. The van der Waals surface area contributed by atoms with Gasteiger partial charge in [0.1, 0.15) is 5.52 Å². The summed E-state index contributed by atoms with van der Waals surface area (Å²) < 4.78 is 5.64. The molecule has 78 valence electrons. The van der Waals surface area contributed by atoms with Gasteiger partial charge in [0.2, 0.25) is 0 Å². The third-order valence-electron chi connectivity index (χ3n) is 1.99. The minimum Gasteiger partial charge on any atom is -0.464 e. The molecule has 0 N–H and O–H groups in total. The molecular weight excluding hydrogens is 212 g/mol. The second-order valence-electron chi connectivity index (χ2n) is 3.18. The van der Waals surface area contributed by atoms with E-state index in [1.165, 1.54) is 7.11 Å². The van der Waals surface area contributed by atoms with E-state index >= 15 is 0 Å². The summed E-state index contributed by atoms with van der Waals surface area (Å²) in [4.78, 5) is 19.9. The van der Waals surface area contributed by atoms with Gasteiger partial charge in [-0.2, -0.15) is 0 Å². The predicted octanol–water partition coefficient (Wildman–Crippen LogP) is 2.09. The fourth-order valence-electron chi connectivity index (χ4n) is 1.40. The van der Waals surface area contributed by atoms with E-state index in [2.05, 4.69) is 14.7 Å². The Labute approximate surface area is 90.9 Å². The van der Waals surface area contributed by atoms with Gasteiger partial charge in [0, 0.05) is 5.69 Å². The highest BCUT2D eigenvalue weighted by molar-refractivity contribution is 7.18. The highest BCUT2D eigenvalue weighted by Gasteiger charge is 2.16. The Kier molecular flexibility index (Phi) is 2.40. The van der Waals surface area contributed by atoms with E-state index in [1.54, 1.807) is 11.3 Å². The molecule has 0 saturated carbocycles. The third kappa shape index (κ3) is 1.70. The molecule has 0 aromatic carbocycles. The number of rotatable bonds is 1. The minimum atomic E-state index is -0.436. The highest BCUT2D eigenvalue weighted by atomic mass is 32.1. The molecule has 15 heavy (non-hydrogen) atoms. The Hall–Kier alpha value is -1.49. The van der Waals surface area contributed by atoms with E-state index in [0.29, 0.717) is 11.2 Å². The Bertz CT molecular complexity index is 533. The van der Waals surface area contributed by atoms with Crippen LogP contribution in [0.3, 0.4) is 0 Å². The van der Waals surface area contributed by atoms with Crippen molar-refractivity contribution in [1.29, 1.82) is 0 Å². The number of hydrogen-bond acceptors (Lipinski definition) is 5. The molecule has 0 radical (unpaired) electrons. The summed E-state index contributed by atoms with van der Waals surface area (Å²) >= 11 is 1.55. The zero-order chi connectivity index (χ0) is 11.0. The molecule has 0 fully saturated rings. The summed E-state index contributed by atoms with van der Waals surface area (Å²) in [5, 5.41) is 0.919. The predicted molar refractivity (Wildman–Crippen MR) is 58.2 cm³/mol. The number of thiazole rings is 1. The normalized spacial score (nSPS) is 10.6. The molecule has 2 heterocycles. The maximum Gasteiger partial charge on any atom is 0.358 e. The van der Waals surface area contributed by atoms with Gasteiger partial charge >= 0.3 is 5.97 Å². The molecule has 2 aromatic heterocycles. The number of methoxy groups -OCH3 is 1. The summed E-state index contributed by atoms with van der Waals surface area (Å²) in [6, 6.07) is 1.92. The molecule has 0 atom stereocenters. The second-order valence-corrected chi connectivity index (χ2v) is 4.42. The maximum absolute atomic E-state index is 11.5. The summed E-state index contributed by atoms with van der Waals surface area (Å²) in [7, 11) is 1.34. The fraction of sp³-hybridized carbons (Fsp3) is 0.300. The van der Waals surface area contributed by atoms with Crippen molar-refractivity contribution in [1.82, 2.24) is 9.97 Å². The van der Waals surface area contributed by atoms with Crippen LogP contribution in [0.1, 0.15) is 21.2 Å². The molecule has 0 aliphatic rings. The maximum atomic E-state index is 11.5. The van der Waals surface area contributed by atoms with Gasteiger partial charge in [0.25, 0.3) is 0 Å². The summed E-state index contributed by atoms with van der Waals surface area (Å²) in [5.74, 6) is -0.436. The molecule has 0 spiro atoms. The molecule has 5 heteroatoms. The molecule has 2 rings (SSSR count). The standard InChI is InChI=1S/C10H10N2O2S/c1-5-4-7-8(12-6(2)15-7)9(11-5)10(13)14-3/h4H,1-3H3. The van der Waals surface area contributed by atoms with Gasteiger partial charge in [0.15, 0.2) is 5.69 Å².